The molecule has 1 N–H and O–H groups in total. The van der Waals surface area contributed by atoms with Crippen LogP contribution in [-0.2, 0) is 4.74 Å². The Morgan fingerprint density at radius 1 is 1.31 bits per heavy atom. The van der Waals surface area contributed by atoms with Gasteiger partial charge in [-0.15, -0.1) is 0 Å². The summed E-state index contributed by atoms with van der Waals surface area (Å²) in [5.74, 6) is 0. The van der Waals surface area contributed by atoms with E-state index < -0.39 is 0 Å². The largest absolute Gasteiger partial charge is 0.381 e. The molecule has 2 saturated heterocycles. The molecule has 1 unspecified atom stereocenters. The van der Waals surface area contributed by atoms with Crippen molar-refractivity contribution in [3.05, 3.63) is 0 Å². The minimum Gasteiger partial charge on any atom is -0.381 e. The van der Waals surface area contributed by atoms with Gasteiger partial charge in [0.2, 0.25) is 0 Å². The quantitative estimate of drug-likeness (QED) is 0.695. The van der Waals surface area contributed by atoms with Crippen molar-refractivity contribution in [2.45, 2.75) is 32.6 Å². The number of hydrogen-bond acceptors (Lipinski definition) is 3. The van der Waals surface area contributed by atoms with Gasteiger partial charge in [-0.3, -0.25) is 0 Å². The standard InChI is InChI=1S/C13H26N2O/c1-2-6-14-10-13(5-9-16-12-13)11-15-7-3-4-8-15/h14H,2-12H2,1H3. The highest BCUT2D eigenvalue weighted by molar-refractivity contribution is 4.89. The average Bonchev–Trinajstić information content (AvgIpc) is 2.91. The minimum atomic E-state index is 0.402. The van der Waals surface area contributed by atoms with E-state index in [4.69, 9.17) is 4.74 Å². The normalized spacial score (nSPS) is 31.3. The van der Waals surface area contributed by atoms with Crippen LogP contribution in [0.2, 0.25) is 0 Å². The predicted molar refractivity (Wildman–Crippen MR) is 66.7 cm³/mol. The van der Waals surface area contributed by atoms with Crippen LogP contribution in [0.5, 0.6) is 0 Å². The van der Waals surface area contributed by atoms with E-state index in [9.17, 15) is 0 Å². The molecule has 0 radical (unpaired) electrons. The molecule has 0 amide bonds. The van der Waals surface area contributed by atoms with Crippen LogP contribution in [0, 0.1) is 5.41 Å². The Hall–Kier alpha value is -0.120. The van der Waals surface area contributed by atoms with Crippen molar-refractivity contribution in [2.24, 2.45) is 5.41 Å². The van der Waals surface area contributed by atoms with Gasteiger partial charge in [0, 0.05) is 25.1 Å². The molecule has 0 saturated carbocycles. The molecule has 3 nitrogen and oxygen atoms in total. The fourth-order valence-corrected chi connectivity index (χ4v) is 2.91. The first-order chi connectivity index (χ1) is 7.85. The first-order valence-electron chi connectivity index (χ1n) is 6.85. The van der Waals surface area contributed by atoms with E-state index in [1.165, 1.54) is 45.3 Å². The Labute approximate surface area is 99.5 Å². The molecular formula is C13H26N2O. The summed E-state index contributed by atoms with van der Waals surface area (Å²) in [6.45, 7) is 10.3. The topological polar surface area (TPSA) is 24.5 Å². The summed E-state index contributed by atoms with van der Waals surface area (Å²) >= 11 is 0. The molecular weight excluding hydrogens is 200 g/mol. The molecule has 2 aliphatic heterocycles. The highest BCUT2D eigenvalue weighted by Crippen LogP contribution is 2.30. The van der Waals surface area contributed by atoms with Gasteiger partial charge in [-0.05, 0) is 45.3 Å². The van der Waals surface area contributed by atoms with Gasteiger partial charge in [0.05, 0.1) is 6.61 Å². The first-order valence-corrected chi connectivity index (χ1v) is 6.85. The molecule has 3 heteroatoms. The zero-order chi connectivity index (χ0) is 11.3. The lowest BCUT2D eigenvalue weighted by molar-refractivity contribution is 0.118. The van der Waals surface area contributed by atoms with E-state index in [0.717, 1.165) is 26.3 Å². The number of hydrogen-bond donors (Lipinski definition) is 1. The minimum absolute atomic E-state index is 0.402. The summed E-state index contributed by atoms with van der Waals surface area (Å²) in [6.07, 6.45) is 5.24. The molecule has 0 bridgehead atoms. The van der Waals surface area contributed by atoms with Gasteiger partial charge in [0.25, 0.3) is 0 Å². The zero-order valence-corrected chi connectivity index (χ0v) is 10.6. The van der Waals surface area contributed by atoms with Gasteiger partial charge in [-0.25, -0.2) is 0 Å². The predicted octanol–water partition coefficient (Wildman–Crippen LogP) is 1.49. The lowest BCUT2D eigenvalue weighted by Crippen LogP contribution is -2.44. The van der Waals surface area contributed by atoms with Gasteiger partial charge in [0.15, 0.2) is 0 Å². The van der Waals surface area contributed by atoms with Crippen molar-refractivity contribution in [3.63, 3.8) is 0 Å². The Kier molecular flexibility index (Phi) is 4.62. The molecule has 0 aromatic rings. The summed E-state index contributed by atoms with van der Waals surface area (Å²) in [5, 5.41) is 3.59. The summed E-state index contributed by atoms with van der Waals surface area (Å²) < 4.78 is 5.63. The third-order valence-corrected chi connectivity index (χ3v) is 3.87. The zero-order valence-electron chi connectivity index (χ0n) is 10.6. The van der Waals surface area contributed by atoms with Crippen molar-refractivity contribution >= 4 is 0 Å². The Balaban J connectivity index is 1.82. The second-order valence-corrected chi connectivity index (χ2v) is 5.46. The smallest absolute Gasteiger partial charge is 0.0547 e. The van der Waals surface area contributed by atoms with Gasteiger partial charge in [-0.1, -0.05) is 6.92 Å². The monoisotopic (exact) mass is 226 g/mol. The maximum atomic E-state index is 5.63. The second kappa shape index (κ2) is 5.99. The maximum Gasteiger partial charge on any atom is 0.0547 e. The molecule has 2 rings (SSSR count). The molecule has 0 aromatic heterocycles. The summed E-state index contributed by atoms with van der Waals surface area (Å²) in [7, 11) is 0. The lowest BCUT2D eigenvalue weighted by atomic mass is 9.86. The van der Waals surface area contributed by atoms with E-state index in [0.29, 0.717) is 5.41 Å². The van der Waals surface area contributed by atoms with Crippen LogP contribution in [0.3, 0.4) is 0 Å². The molecule has 2 heterocycles. The van der Waals surface area contributed by atoms with Crippen LogP contribution in [0.25, 0.3) is 0 Å². The van der Waals surface area contributed by atoms with Gasteiger partial charge >= 0.3 is 0 Å². The second-order valence-electron chi connectivity index (χ2n) is 5.46. The fraction of sp³-hybridized carbons (Fsp3) is 1.00. The number of ether oxygens (including phenoxy) is 1. The van der Waals surface area contributed by atoms with E-state index in [-0.39, 0.29) is 0 Å². The number of nitrogens with zero attached hydrogens (tertiary/aromatic N) is 1. The van der Waals surface area contributed by atoms with Crippen molar-refractivity contribution in [2.75, 3.05) is 45.9 Å². The summed E-state index contributed by atoms with van der Waals surface area (Å²) in [6, 6.07) is 0. The van der Waals surface area contributed by atoms with Crippen molar-refractivity contribution < 1.29 is 4.74 Å². The maximum absolute atomic E-state index is 5.63. The number of nitrogens with one attached hydrogen (secondary N) is 1. The fourth-order valence-electron chi connectivity index (χ4n) is 2.91. The van der Waals surface area contributed by atoms with Crippen LogP contribution < -0.4 is 5.32 Å². The third kappa shape index (κ3) is 3.19. The first kappa shape index (κ1) is 12.3. The Morgan fingerprint density at radius 2 is 2.12 bits per heavy atom. The third-order valence-electron chi connectivity index (χ3n) is 3.87. The van der Waals surface area contributed by atoms with Gasteiger partial charge < -0.3 is 15.0 Å². The number of rotatable bonds is 6. The van der Waals surface area contributed by atoms with Crippen LogP contribution >= 0.6 is 0 Å². The Bertz CT molecular complexity index is 196. The van der Waals surface area contributed by atoms with Crippen molar-refractivity contribution in [1.29, 1.82) is 0 Å². The SMILES string of the molecule is CCCNCC1(CN2CCCC2)CCOC1. The molecule has 0 aromatic carbocycles. The molecule has 2 fully saturated rings. The van der Waals surface area contributed by atoms with Crippen LogP contribution in [-0.4, -0.2) is 50.8 Å². The summed E-state index contributed by atoms with van der Waals surface area (Å²) in [5.41, 5.74) is 0.402. The Morgan fingerprint density at radius 3 is 2.75 bits per heavy atom. The molecule has 2 aliphatic rings. The molecule has 1 atom stereocenters. The average molecular weight is 226 g/mol. The highest BCUT2D eigenvalue weighted by atomic mass is 16.5. The molecule has 94 valence electrons. The van der Waals surface area contributed by atoms with E-state index in [1.807, 2.05) is 0 Å². The van der Waals surface area contributed by atoms with Crippen LogP contribution in [0.15, 0.2) is 0 Å². The van der Waals surface area contributed by atoms with E-state index >= 15 is 0 Å². The summed E-state index contributed by atoms with van der Waals surface area (Å²) in [4.78, 5) is 2.63. The van der Waals surface area contributed by atoms with Crippen molar-refractivity contribution in [3.8, 4) is 0 Å². The van der Waals surface area contributed by atoms with Crippen LogP contribution in [0.4, 0.5) is 0 Å². The number of likely N-dealkylation sites (tertiary alicyclic amines) is 1. The van der Waals surface area contributed by atoms with Crippen molar-refractivity contribution in [1.82, 2.24) is 10.2 Å². The van der Waals surface area contributed by atoms with Crippen LogP contribution in [0.1, 0.15) is 32.6 Å². The molecule has 16 heavy (non-hydrogen) atoms. The van der Waals surface area contributed by atoms with E-state index in [2.05, 4.69) is 17.1 Å². The molecule has 0 spiro atoms. The van der Waals surface area contributed by atoms with Gasteiger partial charge in [-0.2, -0.15) is 0 Å². The lowest BCUT2D eigenvalue weighted by Gasteiger charge is -2.32. The van der Waals surface area contributed by atoms with E-state index in [1.54, 1.807) is 0 Å². The van der Waals surface area contributed by atoms with Gasteiger partial charge in [0.1, 0.15) is 0 Å². The highest BCUT2D eigenvalue weighted by Gasteiger charge is 2.36. The molecule has 0 aliphatic carbocycles.